The Morgan fingerprint density at radius 2 is 1.77 bits per heavy atom. The zero-order valence-corrected chi connectivity index (χ0v) is 18.8. The molecule has 1 fully saturated rings. The van der Waals surface area contributed by atoms with Gasteiger partial charge in [-0.25, -0.2) is 4.79 Å². The number of carbonyl (C=O) groups excluding carboxylic acids is 3. The van der Waals surface area contributed by atoms with Crippen molar-refractivity contribution in [2.75, 3.05) is 51.8 Å². The number of methoxy groups -OCH3 is 1. The first-order valence-electron chi connectivity index (χ1n) is 10.1. The van der Waals surface area contributed by atoms with E-state index in [0.717, 1.165) is 11.3 Å². The molecule has 0 saturated carbocycles. The fourth-order valence-corrected chi connectivity index (χ4v) is 4.40. The number of anilines is 1. The van der Waals surface area contributed by atoms with E-state index in [0.29, 0.717) is 42.3 Å². The van der Waals surface area contributed by atoms with E-state index < -0.39 is 5.97 Å². The molecule has 0 bridgehead atoms. The number of carbonyl (C=O) groups is 3. The van der Waals surface area contributed by atoms with Gasteiger partial charge in [-0.2, -0.15) is 0 Å². The average molecular weight is 446 g/mol. The topological polar surface area (TPSA) is 88.2 Å². The first kappa shape index (κ1) is 22.8. The second kappa shape index (κ2) is 10.4. The number of rotatable bonds is 7. The molecule has 2 amide bonds. The van der Waals surface area contributed by atoms with Gasteiger partial charge in [-0.05, 0) is 24.6 Å². The highest BCUT2D eigenvalue weighted by molar-refractivity contribution is 7.15. The normalized spacial score (nSPS) is 14.2. The van der Waals surface area contributed by atoms with Crippen molar-refractivity contribution in [2.24, 2.45) is 0 Å². The monoisotopic (exact) mass is 445 g/mol. The molecular weight excluding hydrogens is 418 g/mol. The molecule has 1 aliphatic rings. The summed E-state index contributed by atoms with van der Waals surface area (Å²) in [5, 5.41) is 5.19. The Kier molecular flexibility index (Phi) is 7.64. The predicted octanol–water partition coefficient (Wildman–Crippen LogP) is 2.70. The molecule has 1 aromatic carbocycles. The highest BCUT2D eigenvalue weighted by Gasteiger charge is 2.25. The largest absolute Gasteiger partial charge is 0.497 e. The number of nitrogens with zero attached hydrogens (tertiary/aromatic N) is 2. The third kappa shape index (κ3) is 5.62. The van der Waals surface area contributed by atoms with Crippen LogP contribution in [0.5, 0.6) is 5.75 Å². The second-order valence-corrected chi connectivity index (χ2v) is 8.01. The Hall–Kier alpha value is -2.91. The number of hydrogen-bond donors (Lipinski definition) is 1. The van der Waals surface area contributed by atoms with Gasteiger partial charge in [0.2, 0.25) is 11.8 Å². The quantitative estimate of drug-likeness (QED) is 0.660. The van der Waals surface area contributed by atoms with Crippen LogP contribution in [0.4, 0.5) is 5.00 Å². The lowest BCUT2D eigenvalue weighted by Gasteiger charge is -2.33. The molecule has 3 rings (SSSR count). The Morgan fingerprint density at radius 1 is 1.10 bits per heavy atom. The van der Waals surface area contributed by atoms with Crippen LogP contribution in [0.3, 0.4) is 0 Å². The van der Waals surface area contributed by atoms with Crippen molar-refractivity contribution in [3.8, 4) is 16.9 Å². The molecule has 1 aliphatic heterocycles. The van der Waals surface area contributed by atoms with Crippen molar-refractivity contribution in [1.82, 2.24) is 9.80 Å². The molecule has 2 heterocycles. The van der Waals surface area contributed by atoms with Crippen LogP contribution < -0.4 is 10.1 Å². The van der Waals surface area contributed by atoms with Gasteiger partial charge in [0.1, 0.15) is 16.3 Å². The molecule has 0 unspecified atom stereocenters. The van der Waals surface area contributed by atoms with Gasteiger partial charge in [0.25, 0.3) is 0 Å². The summed E-state index contributed by atoms with van der Waals surface area (Å²) >= 11 is 1.29. The van der Waals surface area contributed by atoms with Crippen molar-refractivity contribution in [3.05, 3.63) is 35.2 Å². The fraction of sp³-hybridized carbons (Fsp3) is 0.409. The summed E-state index contributed by atoms with van der Waals surface area (Å²) in [5.74, 6) is 0.0905. The van der Waals surface area contributed by atoms with Crippen LogP contribution in [0.15, 0.2) is 29.6 Å². The summed E-state index contributed by atoms with van der Waals surface area (Å²) in [6.45, 7) is 6.23. The van der Waals surface area contributed by atoms with Gasteiger partial charge >= 0.3 is 5.97 Å². The molecule has 0 spiro atoms. The highest BCUT2D eigenvalue weighted by Crippen LogP contribution is 2.36. The lowest BCUT2D eigenvalue weighted by Crippen LogP contribution is -2.49. The van der Waals surface area contributed by atoms with E-state index in [9.17, 15) is 14.4 Å². The summed E-state index contributed by atoms with van der Waals surface area (Å²) in [7, 11) is 1.59. The van der Waals surface area contributed by atoms with Crippen molar-refractivity contribution >= 4 is 34.1 Å². The summed E-state index contributed by atoms with van der Waals surface area (Å²) < 4.78 is 10.4. The lowest BCUT2D eigenvalue weighted by atomic mass is 10.0. The predicted molar refractivity (Wildman–Crippen MR) is 120 cm³/mol. The fourth-order valence-electron chi connectivity index (χ4n) is 3.43. The average Bonchev–Trinajstić information content (AvgIpc) is 3.17. The van der Waals surface area contributed by atoms with Crippen LogP contribution in [-0.2, 0) is 14.3 Å². The van der Waals surface area contributed by atoms with E-state index in [1.165, 1.54) is 11.3 Å². The third-order valence-electron chi connectivity index (χ3n) is 5.11. The van der Waals surface area contributed by atoms with Crippen molar-refractivity contribution in [2.45, 2.75) is 13.8 Å². The van der Waals surface area contributed by atoms with Gasteiger partial charge in [0.05, 0.1) is 20.3 Å². The van der Waals surface area contributed by atoms with Gasteiger partial charge < -0.3 is 19.7 Å². The summed E-state index contributed by atoms with van der Waals surface area (Å²) in [5.41, 5.74) is 1.89. The molecule has 31 heavy (non-hydrogen) atoms. The minimum absolute atomic E-state index is 0.0489. The summed E-state index contributed by atoms with van der Waals surface area (Å²) in [6, 6.07) is 7.37. The molecule has 8 nitrogen and oxygen atoms in total. The number of amides is 2. The van der Waals surface area contributed by atoms with Crippen LogP contribution in [0.2, 0.25) is 0 Å². The lowest BCUT2D eigenvalue weighted by molar-refractivity contribution is -0.130. The van der Waals surface area contributed by atoms with E-state index in [1.54, 1.807) is 25.9 Å². The molecule has 1 aromatic heterocycles. The summed E-state index contributed by atoms with van der Waals surface area (Å²) in [4.78, 5) is 40.6. The first-order chi connectivity index (χ1) is 14.9. The maximum absolute atomic E-state index is 12.7. The van der Waals surface area contributed by atoms with Crippen LogP contribution in [0, 0.1) is 0 Å². The Balaban J connectivity index is 1.74. The zero-order valence-electron chi connectivity index (χ0n) is 18.0. The number of piperazine rings is 1. The smallest absolute Gasteiger partial charge is 0.341 e. The Labute approximate surface area is 185 Å². The van der Waals surface area contributed by atoms with E-state index in [-0.39, 0.29) is 25.0 Å². The van der Waals surface area contributed by atoms with Gasteiger partial charge in [0.15, 0.2) is 0 Å². The molecule has 0 radical (unpaired) electrons. The standard InChI is InChI=1S/C22H27N3O5S/c1-4-30-22(28)20-18(16-5-7-17(29-3)8-6-16)14-31-21(20)23-19(27)13-24-9-11-25(12-10-24)15(2)26/h5-8,14H,4,9-13H2,1-3H3,(H,23,27). The first-order valence-corrected chi connectivity index (χ1v) is 11.0. The van der Waals surface area contributed by atoms with Gasteiger partial charge in [-0.3, -0.25) is 14.5 Å². The molecule has 1 saturated heterocycles. The maximum Gasteiger partial charge on any atom is 0.341 e. The molecule has 2 aromatic rings. The highest BCUT2D eigenvalue weighted by atomic mass is 32.1. The third-order valence-corrected chi connectivity index (χ3v) is 6.00. The Morgan fingerprint density at radius 3 is 2.35 bits per heavy atom. The SMILES string of the molecule is CCOC(=O)c1c(-c2ccc(OC)cc2)csc1NC(=O)CN1CCN(C(C)=O)CC1. The number of ether oxygens (including phenoxy) is 2. The maximum atomic E-state index is 12.7. The van der Waals surface area contributed by atoms with E-state index >= 15 is 0 Å². The van der Waals surface area contributed by atoms with Crippen molar-refractivity contribution in [1.29, 1.82) is 0 Å². The number of esters is 1. The molecule has 9 heteroatoms. The Bertz CT molecular complexity index is 933. The van der Waals surface area contributed by atoms with Gasteiger partial charge in [-0.15, -0.1) is 11.3 Å². The van der Waals surface area contributed by atoms with Gasteiger partial charge in [-0.1, -0.05) is 12.1 Å². The number of benzene rings is 1. The zero-order chi connectivity index (χ0) is 22.4. The molecule has 1 N–H and O–H groups in total. The molecule has 166 valence electrons. The molecular formula is C22H27N3O5S. The van der Waals surface area contributed by atoms with E-state index in [1.807, 2.05) is 34.5 Å². The number of hydrogen-bond acceptors (Lipinski definition) is 7. The number of thiophene rings is 1. The molecule has 0 aliphatic carbocycles. The van der Waals surface area contributed by atoms with Crippen molar-refractivity contribution < 1.29 is 23.9 Å². The number of nitrogens with one attached hydrogen (secondary N) is 1. The van der Waals surface area contributed by atoms with Crippen molar-refractivity contribution in [3.63, 3.8) is 0 Å². The minimum atomic E-state index is -0.472. The van der Waals surface area contributed by atoms with Crippen LogP contribution in [-0.4, -0.2) is 74.0 Å². The summed E-state index contributed by atoms with van der Waals surface area (Å²) in [6.07, 6.45) is 0. The second-order valence-electron chi connectivity index (χ2n) is 7.13. The van der Waals surface area contributed by atoms with E-state index in [4.69, 9.17) is 9.47 Å². The van der Waals surface area contributed by atoms with Gasteiger partial charge in [0, 0.05) is 44.0 Å². The van der Waals surface area contributed by atoms with E-state index in [2.05, 4.69) is 5.32 Å². The van der Waals surface area contributed by atoms with Crippen LogP contribution in [0.25, 0.3) is 11.1 Å². The van der Waals surface area contributed by atoms with Crippen LogP contribution in [0.1, 0.15) is 24.2 Å². The van der Waals surface area contributed by atoms with Crippen LogP contribution >= 0.6 is 11.3 Å². The molecule has 0 atom stereocenters. The minimum Gasteiger partial charge on any atom is -0.497 e.